The van der Waals surface area contributed by atoms with E-state index in [0.717, 1.165) is 26.5 Å². The highest BCUT2D eigenvalue weighted by Crippen LogP contribution is 2.43. The van der Waals surface area contributed by atoms with Crippen molar-refractivity contribution in [3.63, 3.8) is 0 Å². The van der Waals surface area contributed by atoms with Crippen molar-refractivity contribution in [2.75, 3.05) is 0 Å². The lowest BCUT2D eigenvalue weighted by molar-refractivity contribution is 0.629. The van der Waals surface area contributed by atoms with Gasteiger partial charge in [0.25, 0.3) is 0 Å². The lowest BCUT2D eigenvalue weighted by Gasteiger charge is -2.24. The fourth-order valence-corrected chi connectivity index (χ4v) is 4.36. The third-order valence-electron chi connectivity index (χ3n) is 4.24. The fraction of sp³-hybridized carbons (Fsp3) is 0. The van der Waals surface area contributed by atoms with Crippen LogP contribution in [0.2, 0.25) is 0 Å². The van der Waals surface area contributed by atoms with E-state index in [0.29, 0.717) is 10.8 Å². The number of fused-ring (bicyclic) bond motifs is 4. The molecule has 0 spiro atoms. The van der Waals surface area contributed by atoms with Gasteiger partial charge in [-0.25, -0.2) is 4.39 Å². The minimum absolute atomic E-state index is 0.118. The van der Waals surface area contributed by atoms with Gasteiger partial charge in [-0.15, -0.1) is 0 Å². The predicted molar refractivity (Wildman–Crippen MR) is 91.1 cm³/mol. The lowest BCUT2D eigenvalue weighted by Crippen LogP contribution is -2.13. The maximum Gasteiger partial charge on any atom is 0.197 e. The minimum atomic E-state index is -0.392. The van der Waals surface area contributed by atoms with Gasteiger partial charge in [-0.05, 0) is 42.5 Å². The summed E-state index contributed by atoms with van der Waals surface area (Å²) in [7, 11) is 0. The van der Waals surface area contributed by atoms with Crippen molar-refractivity contribution in [3.8, 4) is 5.69 Å². The summed E-state index contributed by atoms with van der Waals surface area (Å²) in [4.78, 5) is 15.0. The number of halogens is 1. The molecule has 0 aliphatic carbocycles. The molecule has 1 aromatic heterocycles. The van der Waals surface area contributed by atoms with E-state index >= 15 is 0 Å². The summed E-state index contributed by atoms with van der Waals surface area (Å²) in [5.74, 6) is -0.392. The van der Waals surface area contributed by atoms with Crippen LogP contribution in [0.15, 0.2) is 75.2 Å². The smallest absolute Gasteiger partial charge is 0.197 e. The molecular formula is C19H10FNOS. The molecule has 0 N–H and O–H groups in total. The summed E-state index contributed by atoms with van der Waals surface area (Å²) in [6.07, 6.45) is 0. The molecule has 2 heterocycles. The highest BCUT2D eigenvalue weighted by Gasteiger charge is 2.21. The topological polar surface area (TPSA) is 22.0 Å². The Bertz CT molecular complexity index is 1170. The van der Waals surface area contributed by atoms with E-state index in [1.165, 1.54) is 12.1 Å². The Hall–Kier alpha value is -2.59. The van der Waals surface area contributed by atoms with Crippen molar-refractivity contribution in [1.29, 1.82) is 0 Å². The molecule has 0 saturated heterocycles. The second-order valence-corrected chi connectivity index (χ2v) is 6.63. The van der Waals surface area contributed by atoms with Gasteiger partial charge in [0.05, 0.1) is 16.7 Å². The van der Waals surface area contributed by atoms with Crippen LogP contribution in [-0.4, -0.2) is 4.57 Å². The molecule has 2 nitrogen and oxygen atoms in total. The van der Waals surface area contributed by atoms with E-state index < -0.39 is 5.82 Å². The van der Waals surface area contributed by atoms with Gasteiger partial charge >= 0.3 is 0 Å². The SMILES string of the molecule is O=c1c2cc(F)ccc2n2c3c(cccc13)Sc1ccccc1-2. The lowest BCUT2D eigenvalue weighted by atomic mass is 10.1. The Balaban J connectivity index is 2.14. The molecule has 1 aliphatic rings. The molecule has 23 heavy (non-hydrogen) atoms. The van der Waals surface area contributed by atoms with E-state index in [1.807, 2.05) is 36.4 Å². The standard InChI is InChI=1S/C19H10FNOS/c20-11-8-9-14-13(10-11)19(22)12-4-3-7-17-18(12)21(14)15-5-1-2-6-16(15)23-17/h1-10H. The van der Waals surface area contributed by atoms with Crippen LogP contribution in [0.5, 0.6) is 0 Å². The number of pyridine rings is 1. The number of aromatic nitrogens is 1. The number of benzene rings is 3. The second-order valence-electron chi connectivity index (χ2n) is 5.55. The van der Waals surface area contributed by atoms with Crippen LogP contribution in [0.4, 0.5) is 4.39 Å². The first-order chi connectivity index (χ1) is 11.2. The van der Waals surface area contributed by atoms with Crippen molar-refractivity contribution in [3.05, 3.63) is 76.7 Å². The Morgan fingerprint density at radius 2 is 1.70 bits per heavy atom. The summed E-state index contributed by atoms with van der Waals surface area (Å²) in [6, 6.07) is 18.2. The van der Waals surface area contributed by atoms with Crippen molar-refractivity contribution in [2.24, 2.45) is 0 Å². The molecule has 0 unspecified atom stereocenters. The zero-order valence-electron chi connectivity index (χ0n) is 11.9. The van der Waals surface area contributed by atoms with Gasteiger partial charge in [0, 0.05) is 20.6 Å². The molecule has 0 atom stereocenters. The van der Waals surface area contributed by atoms with Gasteiger partial charge in [-0.1, -0.05) is 30.0 Å². The van der Waals surface area contributed by atoms with E-state index in [1.54, 1.807) is 17.8 Å². The van der Waals surface area contributed by atoms with Crippen LogP contribution in [0, 0.1) is 5.82 Å². The maximum atomic E-state index is 13.7. The summed E-state index contributed by atoms with van der Waals surface area (Å²) >= 11 is 1.66. The summed E-state index contributed by atoms with van der Waals surface area (Å²) in [6.45, 7) is 0. The molecular weight excluding hydrogens is 309 g/mol. The second kappa shape index (κ2) is 4.46. The molecule has 0 bridgehead atoms. The summed E-state index contributed by atoms with van der Waals surface area (Å²) in [5, 5.41) is 1.04. The first-order valence-corrected chi connectivity index (χ1v) is 8.10. The van der Waals surface area contributed by atoms with E-state index in [9.17, 15) is 9.18 Å². The van der Waals surface area contributed by atoms with Crippen molar-refractivity contribution in [1.82, 2.24) is 4.57 Å². The Morgan fingerprint density at radius 1 is 0.870 bits per heavy atom. The molecule has 1 aliphatic heterocycles. The fourth-order valence-electron chi connectivity index (χ4n) is 3.27. The van der Waals surface area contributed by atoms with Gasteiger partial charge in [-0.3, -0.25) is 4.79 Å². The van der Waals surface area contributed by atoms with Gasteiger partial charge in [0.2, 0.25) is 0 Å². The molecule has 4 aromatic rings. The minimum Gasteiger partial charge on any atom is -0.307 e. The zero-order chi connectivity index (χ0) is 15.6. The van der Waals surface area contributed by atoms with Crippen LogP contribution in [0.25, 0.3) is 27.5 Å². The number of nitrogens with zero attached hydrogens (tertiary/aromatic N) is 1. The Labute approximate surface area is 135 Å². The third-order valence-corrected chi connectivity index (χ3v) is 5.35. The Morgan fingerprint density at radius 3 is 2.61 bits per heavy atom. The van der Waals surface area contributed by atoms with E-state index in [-0.39, 0.29) is 5.43 Å². The third kappa shape index (κ3) is 1.67. The number of hydrogen-bond acceptors (Lipinski definition) is 2. The van der Waals surface area contributed by atoms with Crippen molar-refractivity contribution in [2.45, 2.75) is 9.79 Å². The van der Waals surface area contributed by atoms with Gasteiger partial charge in [0.1, 0.15) is 5.82 Å². The van der Waals surface area contributed by atoms with Gasteiger partial charge in [0.15, 0.2) is 5.43 Å². The maximum absolute atomic E-state index is 13.7. The number of hydrogen-bond donors (Lipinski definition) is 0. The summed E-state index contributed by atoms with van der Waals surface area (Å²) in [5.41, 5.74) is 2.55. The van der Waals surface area contributed by atoms with Crippen LogP contribution in [0.1, 0.15) is 0 Å². The molecule has 0 amide bonds. The normalized spacial score (nSPS) is 12.6. The molecule has 0 fully saturated rings. The predicted octanol–water partition coefficient (Wildman–Crippen LogP) is 4.75. The first kappa shape index (κ1) is 12.9. The van der Waals surface area contributed by atoms with Crippen molar-refractivity contribution >= 4 is 33.6 Å². The van der Waals surface area contributed by atoms with E-state index in [4.69, 9.17) is 0 Å². The highest BCUT2D eigenvalue weighted by atomic mass is 32.2. The molecule has 110 valence electrons. The largest absolute Gasteiger partial charge is 0.307 e. The van der Waals surface area contributed by atoms with Crippen LogP contribution in [-0.2, 0) is 0 Å². The monoisotopic (exact) mass is 319 g/mol. The van der Waals surface area contributed by atoms with Gasteiger partial charge < -0.3 is 4.57 Å². The molecule has 0 saturated carbocycles. The Kier molecular flexibility index (Phi) is 2.50. The molecule has 0 radical (unpaired) electrons. The average Bonchev–Trinajstić information content (AvgIpc) is 2.58. The molecule has 3 aromatic carbocycles. The van der Waals surface area contributed by atoms with E-state index in [2.05, 4.69) is 10.6 Å². The number of rotatable bonds is 0. The summed E-state index contributed by atoms with van der Waals surface area (Å²) < 4.78 is 15.8. The zero-order valence-corrected chi connectivity index (χ0v) is 12.7. The highest BCUT2D eigenvalue weighted by molar-refractivity contribution is 7.99. The van der Waals surface area contributed by atoms with Crippen molar-refractivity contribution < 1.29 is 4.39 Å². The van der Waals surface area contributed by atoms with Crippen LogP contribution >= 0.6 is 11.8 Å². The van der Waals surface area contributed by atoms with Gasteiger partial charge in [-0.2, -0.15) is 0 Å². The van der Waals surface area contributed by atoms with Crippen LogP contribution < -0.4 is 5.43 Å². The average molecular weight is 319 g/mol. The quantitative estimate of drug-likeness (QED) is 0.384. The molecule has 5 rings (SSSR count). The number of para-hydroxylation sites is 2. The molecule has 4 heteroatoms. The van der Waals surface area contributed by atoms with Crippen LogP contribution in [0.3, 0.4) is 0 Å². The first-order valence-electron chi connectivity index (χ1n) is 7.28.